The van der Waals surface area contributed by atoms with Gasteiger partial charge in [-0.05, 0) is 11.6 Å². The first-order chi connectivity index (χ1) is 9.37. The zero-order valence-electron chi connectivity index (χ0n) is 10.7. The van der Waals surface area contributed by atoms with Crippen molar-refractivity contribution in [3.8, 4) is 6.01 Å². The lowest BCUT2D eigenvalue weighted by Gasteiger charge is -2.34. The Labute approximate surface area is 118 Å². The molecule has 0 aliphatic carbocycles. The molecule has 1 aliphatic heterocycles. The summed E-state index contributed by atoms with van der Waals surface area (Å²) in [6.07, 6.45) is -4.18. The first-order valence-electron chi connectivity index (χ1n) is 5.87. The molecule has 1 aromatic heterocycles. The molecule has 1 aromatic rings. The summed E-state index contributed by atoms with van der Waals surface area (Å²) in [7, 11) is 1.40. The van der Waals surface area contributed by atoms with Crippen LogP contribution in [0.5, 0.6) is 6.01 Å². The summed E-state index contributed by atoms with van der Waals surface area (Å²) >= 11 is 5.74. The van der Waals surface area contributed by atoms with Crippen LogP contribution < -0.4 is 9.64 Å². The first kappa shape index (κ1) is 15.0. The van der Waals surface area contributed by atoms with E-state index in [9.17, 15) is 13.2 Å². The van der Waals surface area contributed by atoms with Crippen LogP contribution in [0.3, 0.4) is 0 Å². The van der Waals surface area contributed by atoms with E-state index in [1.165, 1.54) is 12.0 Å². The lowest BCUT2D eigenvalue weighted by molar-refractivity contribution is -0.146. The van der Waals surface area contributed by atoms with Gasteiger partial charge in [0, 0.05) is 26.2 Å². The monoisotopic (exact) mass is 311 g/mol. The van der Waals surface area contributed by atoms with Gasteiger partial charge in [-0.1, -0.05) is 0 Å². The summed E-state index contributed by atoms with van der Waals surface area (Å²) < 4.78 is 41.8. The number of anilines is 1. The van der Waals surface area contributed by atoms with Crippen molar-refractivity contribution in [1.82, 2.24) is 19.9 Å². The van der Waals surface area contributed by atoms with E-state index < -0.39 is 12.7 Å². The highest BCUT2D eigenvalue weighted by Gasteiger charge is 2.32. The van der Waals surface area contributed by atoms with Crippen LogP contribution in [0.2, 0.25) is 5.28 Å². The van der Waals surface area contributed by atoms with Gasteiger partial charge in [-0.3, -0.25) is 4.90 Å². The zero-order valence-corrected chi connectivity index (χ0v) is 11.4. The van der Waals surface area contributed by atoms with Crippen molar-refractivity contribution in [1.29, 1.82) is 0 Å². The van der Waals surface area contributed by atoms with Crippen LogP contribution in [0.15, 0.2) is 0 Å². The van der Waals surface area contributed by atoms with Crippen LogP contribution in [0.25, 0.3) is 0 Å². The maximum atomic E-state index is 12.3. The Morgan fingerprint density at radius 3 is 2.35 bits per heavy atom. The second-order valence-electron chi connectivity index (χ2n) is 4.27. The molecular formula is C10H13ClF3N5O. The molecule has 0 bridgehead atoms. The SMILES string of the molecule is COc1nc(Cl)nc(N2CCN(CC(F)(F)F)CC2)n1. The minimum Gasteiger partial charge on any atom is -0.467 e. The maximum absolute atomic E-state index is 12.3. The fourth-order valence-corrected chi connectivity index (χ4v) is 2.06. The second kappa shape index (κ2) is 5.96. The molecule has 20 heavy (non-hydrogen) atoms. The van der Waals surface area contributed by atoms with Gasteiger partial charge in [0.25, 0.3) is 0 Å². The highest BCUT2D eigenvalue weighted by atomic mass is 35.5. The number of ether oxygens (including phenoxy) is 1. The molecule has 0 atom stereocenters. The summed E-state index contributed by atoms with van der Waals surface area (Å²) in [6.45, 7) is 0.442. The van der Waals surface area contributed by atoms with Crippen molar-refractivity contribution in [3.05, 3.63) is 5.28 Å². The van der Waals surface area contributed by atoms with Gasteiger partial charge in [-0.15, -0.1) is 0 Å². The van der Waals surface area contributed by atoms with E-state index in [2.05, 4.69) is 15.0 Å². The van der Waals surface area contributed by atoms with E-state index in [0.717, 1.165) is 0 Å². The lowest BCUT2D eigenvalue weighted by Crippen LogP contribution is -2.49. The van der Waals surface area contributed by atoms with Gasteiger partial charge < -0.3 is 9.64 Å². The van der Waals surface area contributed by atoms with Crippen LogP contribution >= 0.6 is 11.6 Å². The normalized spacial score (nSPS) is 17.4. The molecule has 0 amide bonds. The molecule has 6 nitrogen and oxygen atoms in total. The Morgan fingerprint density at radius 2 is 1.80 bits per heavy atom. The average molecular weight is 312 g/mol. The maximum Gasteiger partial charge on any atom is 0.401 e. The predicted molar refractivity (Wildman–Crippen MR) is 66.1 cm³/mol. The van der Waals surface area contributed by atoms with Crippen molar-refractivity contribution in [2.75, 3.05) is 44.7 Å². The summed E-state index contributed by atoms with van der Waals surface area (Å²) in [5, 5.41) is -0.00966. The van der Waals surface area contributed by atoms with E-state index in [1.807, 2.05) is 0 Å². The molecule has 2 heterocycles. The molecule has 1 aliphatic rings. The highest BCUT2D eigenvalue weighted by Crippen LogP contribution is 2.20. The minimum absolute atomic E-state index is 0.00966. The molecule has 10 heteroatoms. The second-order valence-corrected chi connectivity index (χ2v) is 4.61. The molecule has 2 rings (SSSR count). The van der Waals surface area contributed by atoms with Gasteiger partial charge in [0.2, 0.25) is 11.2 Å². The number of alkyl halides is 3. The van der Waals surface area contributed by atoms with Crippen molar-refractivity contribution in [3.63, 3.8) is 0 Å². The molecular weight excluding hydrogens is 299 g/mol. The molecule has 0 radical (unpaired) electrons. The fraction of sp³-hybridized carbons (Fsp3) is 0.700. The van der Waals surface area contributed by atoms with E-state index in [-0.39, 0.29) is 24.4 Å². The number of halogens is 4. The summed E-state index contributed by atoms with van der Waals surface area (Å²) in [4.78, 5) is 14.8. The molecule has 0 aromatic carbocycles. The Hall–Kier alpha value is -1.35. The number of piperazine rings is 1. The standard InChI is InChI=1S/C10H13ClF3N5O/c1-20-9-16-7(11)15-8(17-9)19-4-2-18(3-5-19)6-10(12,13)14/h2-6H2,1H3. The highest BCUT2D eigenvalue weighted by molar-refractivity contribution is 6.28. The Bertz CT molecular complexity index is 465. The van der Waals surface area contributed by atoms with Crippen molar-refractivity contribution < 1.29 is 17.9 Å². The van der Waals surface area contributed by atoms with Crippen molar-refractivity contribution in [2.45, 2.75) is 6.18 Å². The van der Waals surface area contributed by atoms with E-state index >= 15 is 0 Å². The third-order valence-corrected chi connectivity index (χ3v) is 2.99. The topological polar surface area (TPSA) is 54.4 Å². The van der Waals surface area contributed by atoms with E-state index in [0.29, 0.717) is 19.0 Å². The largest absolute Gasteiger partial charge is 0.467 e. The fourth-order valence-electron chi connectivity index (χ4n) is 1.91. The first-order valence-corrected chi connectivity index (χ1v) is 6.25. The van der Waals surface area contributed by atoms with Gasteiger partial charge in [-0.25, -0.2) is 0 Å². The van der Waals surface area contributed by atoms with Crippen molar-refractivity contribution in [2.24, 2.45) is 0 Å². The van der Waals surface area contributed by atoms with E-state index in [1.54, 1.807) is 4.90 Å². The number of nitrogens with zero attached hydrogens (tertiary/aromatic N) is 5. The van der Waals surface area contributed by atoms with Crippen LogP contribution in [0.1, 0.15) is 0 Å². The number of hydrogen-bond donors (Lipinski definition) is 0. The van der Waals surface area contributed by atoms with Crippen LogP contribution in [-0.2, 0) is 0 Å². The van der Waals surface area contributed by atoms with E-state index in [4.69, 9.17) is 16.3 Å². The zero-order chi connectivity index (χ0) is 14.8. The Kier molecular flexibility index (Phi) is 4.48. The van der Waals surface area contributed by atoms with Gasteiger partial charge >= 0.3 is 12.2 Å². The predicted octanol–water partition coefficient (Wildman–Crippen LogP) is 1.22. The quantitative estimate of drug-likeness (QED) is 0.836. The van der Waals surface area contributed by atoms with Gasteiger partial charge in [0.05, 0.1) is 13.7 Å². The summed E-state index contributed by atoms with van der Waals surface area (Å²) in [5.74, 6) is 0.313. The number of aromatic nitrogens is 3. The molecule has 0 unspecified atom stereocenters. The molecule has 0 spiro atoms. The van der Waals surface area contributed by atoms with Crippen molar-refractivity contribution >= 4 is 17.5 Å². The number of methoxy groups -OCH3 is 1. The smallest absolute Gasteiger partial charge is 0.401 e. The third-order valence-electron chi connectivity index (χ3n) is 2.82. The lowest BCUT2D eigenvalue weighted by atomic mass is 10.3. The average Bonchev–Trinajstić information content (AvgIpc) is 2.37. The number of hydrogen-bond acceptors (Lipinski definition) is 6. The van der Waals surface area contributed by atoms with Gasteiger partial charge in [0.15, 0.2) is 0 Å². The molecule has 0 saturated carbocycles. The van der Waals surface area contributed by atoms with Crippen LogP contribution in [0.4, 0.5) is 19.1 Å². The molecule has 1 fully saturated rings. The van der Waals surface area contributed by atoms with Crippen LogP contribution in [0, 0.1) is 0 Å². The molecule has 1 saturated heterocycles. The van der Waals surface area contributed by atoms with Gasteiger partial charge in [0.1, 0.15) is 0 Å². The Morgan fingerprint density at radius 1 is 1.15 bits per heavy atom. The summed E-state index contributed by atoms with van der Waals surface area (Å²) in [6, 6.07) is 0.0812. The molecule has 0 N–H and O–H groups in total. The summed E-state index contributed by atoms with van der Waals surface area (Å²) in [5.41, 5.74) is 0. The molecule has 112 valence electrons. The minimum atomic E-state index is -4.18. The third kappa shape index (κ3) is 4.07. The number of rotatable bonds is 3. The van der Waals surface area contributed by atoms with Gasteiger partial charge in [-0.2, -0.15) is 28.1 Å². The Balaban J connectivity index is 1.98. The van der Waals surface area contributed by atoms with Crippen LogP contribution in [-0.4, -0.2) is 65.9 Å².